The van der Waals surface area contributed by atoms with E-state index in [1.54, 1.807) is 4.90 Å². The highest BCUT2D eigenvalue weighted by Gasteiger charge is 2.20. The Bertz CT molecular complexity index is 636. The Morgan fingerprint density at radius 3 is 2.17 bits per heavy atom. The van der Waals surface area contributed by atoms with Crippen LogP contribution >= 0.6 is 11.6 Å². The van der Waals surface area contributed by atoms with Crippen molar-refractivity contribution >= 4 is 23.2 Å². The van der Waals surface area contributed by atoms with Crippen molar-refractivity contribution in [3.8, 4) is 5.75 Å². The van der Waals surface area contributed by atoms with E-state index in [1.807, 2.05) is 36.4 Å². The minimum atomic E-state index is -0.0936. The van der Waals surface area contributed by atoms with Crippen LogP contribution in [0.3, 0.4) is 0 Å². The fraction of sp³-hybridized carbons (Fsp3) is 0.350. The van der Waals surface area contributed by atoms with E-state index in [4.69, 9.17) is 16.3 Å². The molecule has 2 aromatic rings. The zero-order valence-electron chi connectivity index (χ0n) is 14.3. The average molecular weight is 346 g/mol. The molecule has 0 N–H and O–H groups in total. The van der Waals surface area contributed by atoms with E-state index in [0.717, 1.165) is 35.4 Å². The summed E-state index contributed by atoms with van der Waals surface area (Å²) in [6.07, 6.45) is 1.74. The number of anilines is 1. The van der Waals surface area contributed by atoms with Crippen molar-refractivity contribution in [3.05, 3.63) is 59.7 Å². The molecular formula is C20H24ClNO2. The quantitative estimate of drug-likeness (QED) is 0.661. The first-order valence-corrected chi connectivity index (χ1v) is 8.89. The van der Waals surface area contributed by atoms with Gasteiger partial charge in [-0.2, -0.15) is 0 Å². The largest absolute Gasteiger partial charge is 0.492 e. The maximum atomic E-state index is 12.4. The van der Waals surface area contributed by atoms with Gasteiger partial charge in [-0.25, -0.2) is 0 Å². The van der Waals surface area contributed by atoms with E-state index in [-0.39, 0.29) is 11.8 Å². The number of alkyl halides is 1. The molecule has 0 unspecified atom stereocenters. The first kappa shape index (κ1) is 18.3. The number of benzene rings is 2. The van der Waals surface area contributed by atoms with Gasteiger partial charge in [0.25, 0.3) is 0 Å². The van der Waals surface area contributed by atoms with Crippen LogP contribution in [-0.2, 0) is 17.6 Å². The molecule has 0 saturated carbocycles. The number of rotatable bonds is 8. The van der Waals surface area contributed by atoms with E-state index in [1.165, 1.54) is 0 Å². The standard InChI is InChI=1S/C20H24ClNO2/c1-3-16-9-8-10-17(4-2)20(16)22(19(23)15-21)13-14-24-18-11-6-5-7-12-18/h5-12H,3-4,13-15H2,1-2H3. The monoisotopic (exact) mass is 345 g/mol. The van der Waals surface area contributed by atoms with Crippen LogP contribution in [0.4, 0.5) is 5.69 Å². The van der Waals surface area contributed by atoms with Gasteiger partial charge in [0.05, 0.1) is 12.2 Å². The van der Waals surface area contributed by atoms with Crippen LogP contribution in [0.5, 0.6) is 5.75 Å². The predicted octanol–water partition coefficient (Wildman–Crippen LogP) is 4.46. The number of aryl methyl sites for hydroxylation is 2. The number of halogens is 1. The number of nitrogens with zero attached hydrogens (tertiary/aromatic N) is 1. The summed E-state index contributed by atoms with van der Waals surface area (Å²) < 4.78 is 5.76. The zero-order chi connectivity index (χ0) is 17.4. The van der Waals surface area contributed by atoms with E-state index in [0.29, 0.717) is 13.2 Å². The molecule has 0 heterocycles. The van der Waals surface area contributed by atoms with Gasteiger partial charge in [-0.15, -0.1) is 11.6 Å². The molecule has 0 aromatic heterocycles. The van der Waals surface area contributed by atoms with Crippen molar-refractivity contribution in [2.75, 3.05) is 23.9 Å². The maximum Gasteiger partial charge on any atom is 0.242 e. The van der Waals surface area contributed by atoms with E-state index in [9.17, 15) is 4.79 Å². The SMILES string of the molecule is CCc1cccc(CC)c1N(CCOc1ccccc1)C(=O)CCl. The van der Waals surface area contributed by atoms with Crippen molar-refractivity contribution in [1.82, 2.24) is 0 Å². The summed E-state index contributed by atoms with van der Waals surface area (Å²) in [5, 5.41) is 0. The van der Waals surface area contributed by atoms with Crippen molar-refractivity contribution in [1.29, 1.82) is 0 Å². The Morgan fingerprint density at radius 2 is 1.62 bits per heavy atom. The molecule has 4 heteroatoms. The highest BCUT2D eigenvalue weighted by Crippen LogP contribution is 2.27. The number of ether oxygens (including phenoxy) is 1. The van der Waals surface area contributed by atoms with Gasteiger partial charge in [0.1, 0.15) is 18.2 Å². The van der Waals surface area contributed by atoms with Crippen molar-refractivity contribution < 1.29 is 9.53 Å². The molecule has 0 bridgehead atoms. The van der Waals surface area contributed by atoms with Crippen LogP contribution in [0.25, 0.3) is 0 Å². The summed E-state index contributed by atoms with van der Waals surface area (Å²) in [5.74, 6) is 0.672. The molecule has 2 rings (SSSR count). The molecule has 1 amide bonds. The lowest BCUT2D eigenvalue weighted by Crippen LogP contribution is -2.37. The van der Waals surface area contributed by atoms with Gasteiger partial charge < -0.3 is 9.64 Å². The predicted molar refractivity (Wildman–Crippen MR) is 100 cm³/mol. The third-order valence-corrected chi connectivity index (χ3v) is 4.21. The van der Waals surface area contributed by atoms with Crippen molar-refractivity contribution in [2.45, 2.75) is 26.7 Å². The molecule has 0 aliphatic rings. The maximum absolute atomic E-state index is 12.4. The Balaban J connectivity index is 2.21. The summed E-state index contributed by atoms with van der Waals surface area (Å²) >= 11 is 5.85. The van der Waals surface area contributed by atoms with Gasteiger partial charge in [-0.3, -0.25) is 4.79 Å². The second-order valence-corrected chi connectivity index (χ2v) is 5.74. The van der Waals surface area contributed by atoms with Gasteiger partial charge in [0.15, 0.2) is 0 Å². The fourth-order valence-corrected chi connectivity index (χ4v) is 2.91. The first-order valence-electron chi connectivity index (χ1n) is 8.36. The highest BCUT2D eigenvalue weighted by atomic mass is 35.5. The molecule has 0 fully saturated rings. The van der Waals surface area contributed by atoms with E-state index < -0.39 is 0 Å². The van der Waals surface area contributed by atoms with E-state index >= 15 is 0 Å². The third kappa shape index (κ3) is 4.51. The number of amides is 1. The summed E-state index contributed by atoms with van der Waals surface area (Å²) in [7, 11) is 0. The molecule has 3 nitrogen and oxygen atoms in total. The molecule has 2 aromatic carbocycles. The second-order valence-electron chi connectivity index (χ2n) is 5.47. The minimum absolute atomic E-state index is 0.0352. The van der Waals surface area contributed by atoms with Crippen molar-refractivity contribution in [3.63, 3.8) is 0 Å². The molecule has 0 atom stereocenters. The lowest BCUT2D eigenvalue weighted by atomic mass is 10.0. The Hall–Kier alpha value is -2.00. The summed E-state index contributed by atoms with van der Waals surface area (Å²) in [4.78, 5) is 14.2. The third-order valence-electron chi connectivity index (χ3n) is 3.98. The van der Waals surface area contributed by atoms with Crippen LogP contribution in [0.2, 0.25) is 0 Å². The van der Waals surface area contributed by atoms with Gasteiger partial charge >= 0.3 is 0 Å². The number of hydrogen-bond donors (Lipinski definition) is 0. The van der Waals surface area contributed by atoms with Crippen LogP contribution < -0.4 is 9.64 Å². The number of carbonyl (C=O) groups excluding carboxylic acids is 1. The van der Waals surface area contributed by atoms with Crippen LogP contribution in [0.1, 0.15) is 25.0 Å². The first-order chi connectivity index (χ1) is 11.7. The fourth-order valence-electron chi connectivity index (χ4n) is 2.77. The van der Waals surface area contributed by atoms with Gasteiger partial charge in [0, 0.05) is 0 Å². The molecule has 0 saturated heterocycles. The Kier molecular flexibility index (Phi) is 7.13. The number of para-hydroxylation sites is 2. The van der Waals surface area contributed by atoms with Gasteiger partial charge in [-0.1, -0.05) is 50.2 Å². The minimum Gasteiger partial charge on any atom is -0.492 e. The Labute approximate surface area is 149 Å². The smallest absolute Gasteiger partial charge is 0.242 e. The Morgan fingerprint density at radius 1 is 1.00 bits per heavy atom. The number of carbonyl (C=O) groups is 1. The molecule has 128 valence electrons. The summed E-state index contributed by atoms with van der Waals surface area (Å²) in [6.45, 7) is 5.10. The highest BCUT2D eigenvalue weighted by molar-refractivity contribution is 6.29. The zero-order valence-corrected chi connectivity index (χ0v) is 15.1. The summed E-state index contributed by atoms with van der Waals surface area (Å²) in [5.41, 5.74) is 3.31. The molecule has 0 aliphatic carbocycles. The van der Waals surface area contributed by atoms with Crippen LogP contribution in [0.15, 0.2) is 48.5 Å². The topological polar surface area (TPSA) is 29.5 Å². The second kappa shape index (κ2) is 9.33. The summed E-state index contributed by atoms with van der Waals surface area (Å²) in [6, 6.07) is 15.8. The normalized spacial score (nSPS) is 10.5. The van der Waals surface area contributed by atoms with Gasteiger partial charge in [-0.05, 0) is 36.1 Å². The number of hydrogen-bond acceptors (Lipinski definition) is 2. The average Bonchev–Trinajstić information content (AvgIpc) is 2.65. The molecule has 0 spiro atoms. The lowest BCUT2D eigenvalue weighted by Gasteiger charge is -2.27. The molecule has 0 aliphatic heterocycles. The van der Waals surface area contributed by atoms with Gasteiger partial charge in [0.2, 0.25) is 5.91 Å². The van der Waals surface area contributed by atoms with Crippen molar-refractivity contribution in [2.24, 2.45) is 0 Å². The van der Waals surface area contributed by atoms with Crippen LogP contribution in [-0.4, -0.2) is 24.9 Å². The molecule has 0 radical (unpaired) electrons. The van der Waals surface area contributed by atoms with Crippen LogP contribution in [0, 0.1) is 0 Å². The molecular weight excluding hydrogens is 322 g/mol. The lowest BCUT2D eigenvalue weighted by molar-refractivity contribution is -0.116. The molecule has 24 heavy (non-hydrogen) atoms. The van der Waals surface area contributed by atoms with E-state index in [2.05, 4.69) is 26.0 Å².